The quantitative estimate of drug-likeness (QED) is 0.0740. The average Bonchev–Trinajstić information content (AvgIpc) is 3.51. The molecule has 1 unspecified atom stereocenters. The number of aliphatic hydroxyl groups is 1. The van der Waals surface area contributed by atoms with Gasteiger partial charge in [0.05, 0.1) is 11.8 Å². The predicted molar refractivity (Wildman–Crippen MR) is 175 cm³/mol. The van der Waals surface area contributed by atoms with Crippen molar-refractivity contribution in [2.75, 3.05) is 38.0 Å². The number of phenolic OH excluding ortho intramolecular Hbond substituents is 1. The standard InChI is InChI=1S/C36H48N4O4/c37-35(44)36(29-14-8-6-9-15-29,30-16-10-7-11-17-30)31-20-23-40(26-31)22-13-5-3-1-2-4-12-21-38-25-34(43)28-18-19-33(42)32(24-28)39-27-41/h6-11,14-19,24,27,31,34,38,42-43H,1-5,12-13,20-23,25-26H2,(H2,37,44)(H,39,41)/t31?,34-/m1/s1. The number of carbonyl (C=O) groups excluding carboxylic acids is 2. The summed E-state index contributed by atoms with van der Waals surface area (Å²) in [5.74, 6) is -0.162. The first-order valence-corrected chi connectivity index (χ1v) is 16.0. The van der Waals surface area contributed by atoms with Gasteiger partial charge < -0.3 is 31.5 Å². The number of rotatable bonds is 19. The third-order valence-electron chi connectivity index (χ3n) is 9.02. The summed E-state index contributed by atoms with van der Waals surface area (Å²) in [7, 11) is 0. The number of hydrogen-bond acceptors (Lipinski definition) is 6. The summed E-state index contributed by atoms with van der Waals surface area (Å²) in [5.41, 5.74) is 8.30. The number of nitrogens with one attached hydrogen (secondary N) is 2. The van der Waals surface area contributed by atoms with Crippen LogP contribution in [0.2, 0.25) is 0 Å². The number of amides is 2. The smallest absolute Gasteiger partial charge is 0.232 e. The Morgan fingerprint density at radius 3 is 2.16 bits per heavy atom. The van der Waals surface area contributed by atoms with Crippen molar-refractivity contribution in [2.45, 2.75) is 62.9 Å². The molecular formula is C36H48N4O4. The fourth-order valence-corrected chi connectivity index (χ4v) is 6.68. The number of primary amides is 1. The van der Waals surface area contributed by atoms with Crippen molar-refractivity contribution in [3.8, 4) is 5.75 Å². The fraction of sp³-hybridized carbons (Fsp3) is 0.444. The number of nitrogens with zero attached hydrogens (tertiary/aromatic N) is 1. The molecule has 2 amide bonds. The molecular weight excluding hydrogens is 552 g/mol. The van der Waals surface area contributed by atoms with Crippen LogP contribution in [0, 0.1) is 5.92 Å². The van der Waals surface area contributed by atoms with E-state index in [1.165, 1.54) is 31.7 Å². The number of benzene rings is 3. The summed E-state index contributed by atoms with van der Waals surface area (Å²) in [4.78, 5) is 26.4. The van der Waals surface area contributed by atoms with Crippen LogP contribution < -0.4 is 16.4 Å². The van der Waals surface area contributed by atoms with Crippen molar-refractivity contribution in [1.82, 2.24) is 10.2 Å². The van der Waals surface area contributed by atoms with Gasteiger partial charge in [-0.2, -0.15) is 0 Å². The number of likely N-dealkylation sites (tertiary alicyclic amines) is 1. The molecule has 0 bridgehead atoms. The summed E-state index contributed by atoms with van der Waals surface area (Å²) in [6.45, 7) is 4.17. The van der Waals surface area contributed by atoms with Crippen molar-refractivity contribution >= 4 is 18.0 Å². The average molecular weight is 601 g/mol. The molecule has 4 rings (SSSR count). The number of aromatic hydroxyl groups is 1. The van der Waals surface area contributed by atoms with Gasteiger partial charge in [0.25, 0.3) is 0 Å². The van der Waals surface area contributed by atoms with Gasteiger partial charge in [0.15, 0.2) is 0 Å². The number of nitrogens with two attached hydrogens (primary N) is 1. The minimum atomic E-state index is -0.826. The molecule has 0 spiro atoms. The zero-order chi connectivity index (χ0) is 31.2. The normalized spacial score (nSPS) is 16.1. The van der Waals surface area contributed by atoms with Crippen LogP contribution in [0.3, 0.4) is 0 Å². The molecule has 8 nitrogen and oxygen atoms in total. The van der Waals surface area contributed by atoms with Crippen LogP contribution in [0.25, 0.3) is 0 Å². The van der Waals surface area contributed by atoms with Crippen molar-refractivity contribution in [3.63, 3.8) is 0 Å². The number of aliphatic hydroxyl groups excluding tert-OH is 1. The lowest BCUT2D eigenvalue weighted by Gasteiger charge is -2.37. The van der Waals surface area contributed by atoms with Gasteiger partial charge in [-0.25, -0.2) is 0 Å². The fourth-order valence-electron chi connectivity index (χ4n) is 6.68. The first-order chi connectivity index (χ1) is 21.5. The summed E-state index contributed by atoms with van der Waals surface area (Å²) < 4.78 is 0. The SMILES string of the molecule is NC(=O)C(c1ccccc1)(c1ccccc1)C1CCN(CCCCCCCCCNC[C@@H](O)c2ccc(O)c(NC=O)c2)C1. The van der Waals surface area contributed by atoms with E-state index in [0.29, 0.717) is 18.5 Å². The molecule has 0 saturated carbocycles. The molecule has 6 N–H and O–H groups in total. The van der Waals surface area contributed by atoms with Gasteiger partial charge >= 0.3 is 0 Å². The molecule has 1 fully saturated rings. The van der Waals surface area contributed by atoms with E-state index in [9.17, 15) is 19.8 Å². The van der Waals surface area contributed by atoms with Crippen LogP contribution in [0.4, 0.5) is 5.69 Å². The Morgan fingerprint density at radius 1 is 0.932 bits per heavy atom. The van der Waals surface area contributed by atoms with E-state index in [-0.39, 0.29) is 23.3 Å². The highest BCUT2D eigenvalue weighted by Gasteiger charge is 2.49. The minimum Gasteiger partial charge on any atom is -0.506 e. The van der Waals surface area contributed by atoms with Crippen LogP contribution in [-0.2, 0) is 15.0 Å². The Balaban J connectivity index is 1.11. The first-order valence-electron chi connectivity index (χ1n) is 16.0. The van der Waals surface area contributed by atoms with Gasteiger partial charge in [0, 0.05) is 13.1 Å². The van der Waals surface area contributed by atoms with E-state index in [0.717, 1.165) is 63.0 Å². The summed E-state index contributed by atoms with van der Waals surface area (Å²) in [6.07, 6.45) is 8.95. The number of unbranched alkanes of at least 4 members (excludes halogenated alkanes) is 6. The lowest BCUT2D eigenvalue weighted by molar-refractivity contribution is -0.123. The molecule has 1 saturated heterocycles. The van der Waals surface area contributed by atoms with Crippen molar-refractivity contribution in [3.05, 3.63) is 95.6 Å². The maximum absolute atomic E-state index is 13.3. The van der Waals surface area contributed by atoms with Crippen LogP contribution >= 0.6 is 0 Å². The molecule has 2 atom stereocenters. The van der Waals surface area contributed by atoms with Gasteiger partial charge in [-0.1, -0.05) is 98.8 Å². The zero-order valence-electron chi connectivity index (χ0n) is 25.7. The summed E-state index contributed by atoms with van der Waals surface area (Å²) in [5, 5.41) is 25.9. The van der Waals surface area contributed by atoms with E-state index in [4.69, 9.17) is 5.73 Å². The minimum absolute atomic E-state index is 0.0281. The van der Waals surface area contributed by atoms with Crippen molar-refractivity contribution < 1.29 is 19.8 Å². The molecule has 0 aliphatic carbocycles. The maximum Gasteiger partial charge on any atom is 0.232 e. The van der Waals surface area contributed by atoms with E-state index < -0.39 is 11.5 Å². The monoisotopic (exact) mass is 600 g/mol. The highest BCUT2D eigenvalue weighted by atomic mass is 16.3. The van der Waals surface area contributed by atoms with Crippen LogP contribution in [0.1, 0.15) is 74.2 Å². The Bertz CT molecular complexity index is 1260. The molecule has 1 heterocycles. The third kappa shape index (κ3) is 8.46. The van der Waals surface area contributed by atoms with Gasteiger partial charge in [-0.05, 0) is 73.6 Å². The zero-order valence-corrected chi connectivity index (χ0v) is 25.7. The molecule has 3 aromatic rings. The van der Waals surface area contributed by atoms with E-state index in [1.807, 2.05) is 60.7 Å². The molecule has 1 aliphatic heterocycles. The van der Waals surface area contributed by atoms with E-state index in [2.05, 4.69) is 15.5 Å². The Hall–Kier alpha value is -3.72. The van der Waals surface area contributed by atoms with E-state index in [1.54, 1.807) is 12.1 Å². The molecule has 3 aromatic carbocycles. The maximum atomic E-state index is 13.3. The molecule has 1 aliphatic rings. The highest BCUT2D eigenvalue weighted by Crippen LogP contribution is 2.43. The van der Waals surface area contributed by atoms with Crippen LogP contribution in [0.15, 0.2) is 78.9 Å². The van der Waals surface area contributed by atoms with Crippen molar-refractivity contribution in [2.24, 2.45) is 11.7 Å². The molecule has 0 aromatic heterocycles. The first kappa shape index (κ1) is 33.2. The van der Waals surface area contributed by atoms with Crippen LogP contribution in [-0.4, -0.2) is 60.2 Å². The van der Waals surface area contributed by atoms with Gasteiger partial charge in [-0.3, -0.25) is 9.59 Å². The number of phenols is 1. The van der Waals surface area contributed by atoms with E-state index >= 15 is 0 Å². The molecule has 8 heteroatoms. The van der Waals surface area contributed by atoms with Gasteiger partial charge in [0.1, 0.15) is 11.2 Å². The number of anilines is 1. The Labute approximate surface area is 261 Å². The predicted octanol–water partition coefficient (Wildman–Crippen LogP) is 5.11. The van der Waals surface area contributed by atoms with Crippen LogP contribution in [0.5, 0.6) is 5.75 Å². The Morgan fingerprint density at radius 2 is 1.55 bits per heavy atom. The van der Waals surface area contributed by atoms with Gasteiger partial charge in [0.2, 0.25) is 12.3 Å². The number of hydrogen-bond donors (Lipinski definition) is 5. The number of carbonyl (C=O) groups is 2. The lowest BCUT2D eigenvalue weighted by atomic mass is 9.64. The molecule has 0 radical (unpaired) electrons. The second-order valence-electron chi connectivity index (χ2n) is 11.9. The van der Waals surface area contributed by atoms with Crippen molar-refractivity contribution in [1.29, 1.82) is 0 Å². The van der Waals surface area contributed by atoms with Gasteiger partial charge in [-0.15, -0.1) is 0 Å². The lowest BCUT2D eigenvalue weighted by Crippen LogP contribution is -2.49. The molecule has 44 heavy (non-hydrogen) atoms. The topological polar surface area (TPSA) is 128 Å². The second kappa shape index (κ2) is 16.9. The summed E-state index contributed by atoms with van der Waals surface area (Å²) >= 11 is 0. The highest BCUT2D eigenvalue weighted by molar-refractivity contribution is 5.91. The second-order valence-corrected chi connectivity index (χ2v) is 11.9. The molecule has 236 valence electrons. The third-order valence-corrected chi connectivity index (χ3v) is 9.02. The summed E-state index contributed by atoms with van der Waals surface area (Å²) in [6, 6.07) is 24.8. The Kier molecular flexibility index (Phi) is 12.8. The largest absolute Gasteiger partial charge is 0.506 e.